The van der Waals surface area contributed by atoms with Crippen LogP contribution in [0.3, 0.4) is 0 Å². The molecular weight excluding hydrogens is 318 g/mol. The van der Waals surface area contributed by atoms with E-state index in [-0.39, 0.29) is 18.3 Å². The zero-order valence-electron chi connectivity index (χ0n) is 13.2. The van der Waals surface area contributed by atoms with Crippen molar-refractivity contribution in [1.29, 1.82) is 5.26 Å². The predicted octanol–water partition coefficient (Wildman–Crippen LogP) is 2.58. The molecule has 6 nitrogen and oxygen atoms in total. The lowest BCUT2D eigenvalue weighted by atomic mass is 10.2. The molecule has 2 rings (SSSR count). The average Bonchev–Trinajstić information content (AvgIpc) is 3.03. The van der Waals surface area contributed by atoms with Crippen LogP contribution in [0.25, 0.3) is 0 Å². The van der Waals surface area contributed by atoms with Gasteiger partial charge < -0.3 is 9.64 Å². The molecule has 0 bridgehead atoms. The van der Waals surface area contributed by atoms with Gasteiger partial charge in [0.2, 0.25) is 0 Å². The fourth-order valence-electron chi connectivity index (χ4n) is 2.11. The number of imidazole rings is 1. The monoisotopic (exact) mass is 334 g/mol. The van der Waals surface area contributed by atoms with E-state index in [1.165, 1.54) is 18.1 Å². The Bertz CT molecular complexity index is 737. The van der Waals surface area contributed by atoms with Crippen molar-refractivity contribution in [3.8, 4) is 11.8 Å². The van der Waals surface area contributed by atoms with E-state index in [0.717, 1.165) is 6.20 Å². The minimum atomic E-state index is -2.71. The first-order valence-electron chi connectivity index (χ1n) is 7.14. The number of hydrogen-bond donors (Lipinski definition) is 0. The van der Waals surface area contributed by atoms with Crippen LogP contribution in [-0.2, 0) is 11.3 Å². The summed E-state index contributed by atoms with van der Waals surface area (Å²) in [5.74, 6) is 0.159. The normalized spacial score (nSPS) is 11.8. The Morgan fingerprint density at radius 3 is 2.67 bits per heavy atom. The van der Waals surface area contributed by atoms with Gasteiger partial charge in [-0.1, -0.05) is 0 Å². The molecule has 1 atom stereocenters. The third-order valence-corrected chi connectivity index (χ3v) is 3.36. The number of likely N-dealkylation sites (N-methyl/N-ethyl adjacent to an activating group) is 1. The number of alkyl halides is 2. The Kier molecular flexibility index (Phi) is 5.47. The van der Waals surface area contributed by atoms with Crippen molar-refractivity contribution >= 4 is 5.91 Å². The van der Waals surface area contributed by atoms with E-state index in [2.05, 4.69) is 4.98 Å². The topological polar surface area (TPSA) is 71.2 Å². The van der Waals surface area contributed by atoms with Crippen LogP contribution in [0.4, 0.5) is 8.78 Å². The minimum Gasteiger partial charge on any atom is -0.481 e. The highest BCUT2D eigenvalue weighted by molar-refractivity contribution is 5.80. The molecule has 1 aromatic carbocycles. The van der Waals surface area contributed by atoms with Crippen LogP contribution in [0.5, 0.6) is 5.75 Å². The number of amides is 1. The van der Waals surface area contributed by atoms with Crippen LogP contribution < -0.4 is 4.74 Å². The highest BCUT2D eigenvalue weighted by atomic mass is 19.3. The summed E-state index contributed by atoms with van der Waals surface area (Å²) < 4.78 is 31.8. The summed E-state index contributed by atoms with van der Waals surface area (Å²) in [5.41, 5.74) is 0.484. The molecule has 0 radical (unpaired) electrons. The van der Waals surface area contributed by atoms with Gasteiger partial charge in [0.25, 0.3) is 5.91 Å². The molecule has 1 aromatic heterocycles. The number of rotatable bonds is 6. The molecule has 2 aromatic rings. The van der Waals surface area contributed by atoms with E-state index in [9.17, 15) is 13.6 Å². The molecule has 0 saturated heterocycles. The molecule has 0 aliphatic rings. The molecule has 0 fully saturated rings. The van der Waals surface area contributed by atoms with E-state index in [0.29, 0.717) is 15.9 Å². The summed E-state index contributed by atoms with van der Waals surface area (Å²) in [6, 6.07) is 8.32. The van der Waals surface area contributed by atoms with Gasteiger partial charge in [-0.25, -0.2) is 4.98 Å². The third-order valence-electron chi connectivity index (χ3n) is 3.36. The van der Waals surface area contributed by atoms with E-state index in [1.54, 1.807) is 31.2 Å². The molecule has 8 heteroatoms. The fraction of sp³-hybridized carbons (Fsp3) is 0.312. The number of halogens is 2. The van der Waals surface area contributed by atoms with Gasteiger partial charge >= 0.3 is 6.55 Å². The van der Waals surface area contributed by atoms with E-state index < -0.39 is 12.7 Å². The standard InChI is InChI=1S/C16H16F2N4O2/c1-11(24-13-5-3-12(9-19)4-6-13)15(23)21(2)10-14-20-7-8-22(14)16(17)18/h3-8,11,16H,10H2,1-2H3. The summed E-state index contributed by atoms with van der Waals surface area (Å²) in [6.45, 7) is -1.20. The first-order valence-corrected chi connectivity index (χ1v) is 7.14. The van der Waals surface area contributed by atoms with Gasteiger partial charge in [0.15, 0.2) is 6.10 Å². The van der Waals surface area contributed by atoms with Crippen molar-refractivity contribution in [1.82, 2.24) is 14.5 Å². The Morgan fingerprint density at radius 1 is 1.42 bits per heavy atom. The van der Waals surface area contributed by atoms with Crippen molar-refractivity contribution in [2.75, 3.05) is 7.05 Å². The van der Waals surface area contributed by atoms with Gasteiger partial charge in [-0.3, -0.25) is 9.36 Å². The summed E-state index contributed by atoms with van der Waals surface area (Å²) in [6.07, 6.45) is 1.61. The second-order valence-corrected chi connectivity index (χ2v) is 5.12. The Labute approximate surface area is 137 Å². The summed E-state index contributed by atoms with van der Waals surface area (Å²) >= 11 is 0. The number of aromatic nitrogens is 2. The molecule has 0 N–H and O–H groups in total. The smallest absolute Gasteiger partial charge is 0.319 e. The van der Waals surface area contributed by atoms with Gasteiger partial charge in [0.1, 0.15) is 11.6 Å². The second-order valence-electron chi connectivity index (χ2n) is 5.12. The Hall–Kier alpha value is -2.95. The number of benzene rings is 1. The maximum Gasteiger partial charge on any atom is 0.319 e. The van der Waals surface area contributed by atoms with Crippen LogP contribution in [0.2, 0.25) is 0 Å². The van der Waals surface area contributed by atoms with Crippen LogP contribution >= 0.6 is 0 Å². The van der Waals surface area contributed by atoms with Crippen molar-refractivity contribution in [2.24, 2.45) is 0 Å². The number of ether oxygens (including phenoxy) is 1. The number of carbonyl (C=O) groups excluding carboxylic acids is 1. The average molecular weight is 334 g/mol. The number of carbonyl (C=O) groups is 1. The van der Waals surface area contributed by atoms with Crippen molar-refractivity contribution in [3.63, 3.8) is 0 Å². The van der Waals surface area contributed by atoms with Crippen molar-refractivity contribution in [3.05, 3.63) is 48.0 Å². The maximum atomic E-state index is 12.8. The molecule has 1 amide bonds. The van der Waals surface area contributed by atoms with Gasteiger partial charge in [-0.05, 0) is 31.2 Å². The lowest BCUT2D eigenvalue weighted by Crippen LogP contribution is -2.38. The summed E-state index contributed by atoms with van der Waals surface area (Å²) in [7, 11) is 1.49. The predicted molar refractivity (Wildman–Crippen MR) is 81.2 cm³/mol. The molecule has 0 saturated carbocycles. The van der Waals surface area contributed by atoms with Crippen LogP contribution in [0.15, 0.2) is 36.7 Å². The fourth-order valence-corrected chi connectivity index (χ4v) is 2.11. The number of nitrogens with zero attached hydrogens (tertiary/aromatic N) is 4. The van der Waals surface area contributed by atoms with Crippen LogP contribution in [0, 0.1) is 11.3 Å². The lowest BCUT2D eigenvalue weighted by Gasteiger charge is -2.22. The lowest BCUT2D eigenvalue weighted by molar-refractivity contribution is -0.137. The van der Waals surface area contributed by atoms with E-state index >= 15 is 0 Å². The van der Waals surface area contributed by atoms with Gasteiger partial charge in [-0.2, -0.15) is 14.0 Å². The van der Waals surface area contributed by atoms with Crippen molar-refractivity contribution < 1.29 is 18.3 Å². The molecule has 0 aliphatic heterocycles. The van der Waals surface area contributed by atoms with E-state index in [4.69, 9.17) is 10.00 Å². The zero-order chi connectivity index (χ0) is 17.7. The first-order chi connectivity index (χ1) is 11.4. The van der Waals surface area contributed by atoms with Crippen molar-refractivity contribution in [2.45, 2.75) is 26.1 Å². The van der Waals surface area contributed by atoms with Gasteiger partial charge in [0.05, 0.1) is 18.2 Å². The minimum absolute atomic E-state index is 0.0583. The summed E-state index contributed by atoms with van der Waals surface area (Å²) in [5, 5.41) is 8.74. The molecule has 1 heterocycles. The van der Waals surface area contributed by atoms with E-state index in [1.807, 2.05) is 6.07 Å². The summed E-state index contributed by atoms with van der Waals surface area (Å²) in [4.78, 5) is 17.4. The zero-order valence-corrected chi connectivity index (χ0v) is 13.2. The highest BCUT2D eigenvalue weighted by Crippen LogP contribution is 2.16. The SMILES string of the molecule is CC(Oc1ccc(C#N)cc1)C(=O)N(C)Cc1nccn1C(F)F. The second kappa shape index (κ2) is 7.55. The quantitative estimate of drug-likeness (QED) is 0.814. The molecule has 0 aliphatic carbocycles. The largest absolute Gasteiger partial charge is 0.481 e. The van der Waals surface area contributed by atoms with Gasteiger partial charge in [-0.15, -0.1) is 0 Å². The Morgan fingerprint density at radius 2 is 2.08 bits per heavy atom. The number of hydrogen-bond acceptors (Lipinski definition) is 4. The van der Waals surface area contributed by atoms with Crippen LogP contribution in [-0.4, -0.2) is 33.5 Å². The molecule has 126 valence electrons. The first kappa shape index (κ1) is 17.4. The Balaban J connectivity index is 1.98. The van der Waals surface area contributed by atoms with Crippen LogP contribution in [0.1, 0.15) is 24.9 Å². The third kappa shape index (κ3) is 4.07. The number of nitriles is 1. The molecular formula is C16H16F2N4O2. The molecule has 24 heavy (non-hydrogen) atoms. The maximum absolute atomic E-state index is 12.8. The molecule has 1 unspecified atom stereocenters. The highest BCUT2D eigenvalue weighted by Gasteiger charge is 2.22. The molecule has 0 spiro atoms. The van der Waals surface area contributed by atoms with Gasteiger partial charge in [0, 0.05) is 19.4 Å².